The summed E-state index contributed by atoms with van der Waals surface area (Å²) < 4.78 is 12.1. The smallest absolute Gasteiger partial charge is 0.143 e. The van der Waals surface area contributed by atoms with Gasteiger partial charge in [0.1, 0.15) is 5.60 Å². The molecule has 2 heteroatoms. The summed E-state index contributed by atoms with van der Waals surface area (Å²) in [6.07, 6.45) is 0.863. The SMILES string of the molecule is CCOCCCOC(c1ccccc1)(c1ccccc1)c1ccccc1. The number of ether oxygens (including phenoxy) is 2. The van der Waals surface area contributed by atoms with E-state index in [4.69, 9.17) is 9.47 Å². The van der Waals surface area contributed by atoms with Gasteiger partial charge in [0.25, 0.3) is 0 Å². The lowest BCUT2D eigenvalue weighted by Crippen LogP contribution is -2.33. The molecule has 0 aliphatic heterocycles. The Morgan fingerprint density at radius 2 is 1.04 bits per heavy atom. The Labute approximate surface area is 156 Å². The molecule has 0 heterocycles. The monoisotopic (exact) mass is 346 g/mol. The van der Waals surface area contributed by atoms with Crippen LogP contribution in [0.3, 0.4) is 0 Å². The maximum Gasteiger partial charge on any atom is 0.143 e. The van der Waals surface area contributed by atoms with E-state index in [9.17, 15) is 0 Å². The quantitative estimate of drug-likeness (QED) is 0.380. The summed E-state index contributed by atoms with van der Waals surface area (Å²) in [7, 11) is 0. The van der Waals surface area contributed by atoms with Gasteiger partial charge in [-0.05, 0) is 30.0 Å². The summed E-state index contributed by atoms with van der Waals surface area (Å²) in [4.78, 5) is 0. The van der Waals surface area contributed by atoms with E-state index in [1.165, 1.54) is 0 Å². The van der Waals surface area contributed by atoms with E-state index >= 15 is 0 Å². The zero-order valence-electron chi connectivity index (χ0n) is 15.3. The summed E-state index contributed by atoms with van der Waals surface area (Å²) in [5, 5.41) is 0. The molecule has 0 amide bonds. The largest absolute Gasteiger partial charge is 0.382 e. The van der Waals surface area contributed by atoms with Crippen molar-refractivity contribution < 1.29 is 9.47 Å². The van der Waals surface area contributed by atoms with Crippen LogP contribution in [0.15, 0.2) is 91.0 Å². The highest BCUT2D eigenvalue weighted by Gasteiger charge is 2.37. The average Bonchev–Trinajstić information content (AvgIpc) is 2.73. The molecule has 0 bridgehead atoms. The fraction of sp³-hybridized carbons (Fsp3) is 0.250. The van der Waals surface area contributed by atoms with Crippen LogP contribution in [0.2, 0.25) is 0 Å². The topological polar surface area (TPSA) is 18.5 Å². The molecule has 0 radical (unpaired) electrons. The molecule has 0 saturated carbocycles. The molecule has 0 fully saturated rings. The van der Waals surface area contributed by atoms with Gasteiger partial charge in [-0.25, -0.2) is 0 Å². The Hall–Kier alpha value is -2.42. The standard InChI is InChI=1S/C24H26O2/c1-2-25-19-12-20-26-24(21-13-6-3-7-14-21,22-15-8-4-9-16-22)23-17-10-5-11-18-23/h3-11,13-18H,2,12,19-20H2,1H3. The first-order valence-electron chi connectivity index (χ1n) is 9.26. The van der Waals surface area contributed by atoms with Crippen LogP contribution < -0.4 is 0 Å². The molecule has 26 heavy (non-hydrogen) atoms. The Bertz CT molecular complexity index is 657. The second-order valence-electron chi connectivity index (χ2n) is 6.18. The van der Waals surface area contributed by atoms with Gasteiger partial charge in [0.2, 0.25) is 0 Å². The van der Waals surface area contributed by atoms with Gasteiger partial charge in [-0.1, -0.05) is 91.0 Å². The van der Waals surface area contributed by atoms with Gasteiger partial charge >= 0.3 is 0 Å². The van der Waals surface area contributed by atoms with Crippen LogP contribution in [0.5, 0.6) is 0 Å². The first kappa shape index (κ1) is 18.4. The fourth-order valence-electron chi connectivity index (χ4n) is 3.30. The van der Waals surface area contributed by atoms with E-state index in [1.54, 1.807) is 0 Å². The van der Waals surface area contributed by atoms with Crippen molar-refractivity contribution in [1.82, 2.24) is 0 Å². The molecular formula is C24H26O2. The highest BCUT2D eigenvalue weighted by atomic mass is 16.5. The van der Waals surface area contributed by atoms with E-state index in [0.717, 1.165) is 29.7 Å². The third kappa shape index (κ3) is 4.04. The van der Waals surface area contributed by atoms with E-state index < -0.39 is 5.60 Å². The summed E-state index contributed by atoms with van der Waals surface area (Å²) in [5.74, 6) is 0. The minimum atomic E-state index is -0.629. The van der Waals surface area contributed by atoms with Crippen LogP contribution in [-0.4, -0.2) is 19.8 Å². The van der Waals surface area contributed by atoms with Gasteiger partial charge in [0, 0.05) is 13.2 Å². The van der Waals surface area contributed by atoms with Gasteiger partial charge in [0.05, 0.1) is 6.61 Å². The molecule has 3 aromatic rings. The lowest BCUT2D eigenvalue weighted by Gasteiger charge is -2.36. The number of hydrogen-bond acceptors (Lipinski definition) is 2. The van der Waals surface area contributed by atoms with E-state index in [2.05, 4.69) is 72.8 Å². The molecule has 0 aliphatic rings. The van der Waals surface area contributed by atoms with Gasteiger partial charge in [-0.2, -0.15) is 0 Å². The van der Waals surface area contributed by atoms with Crippen molar-refractivity contribution in [2.24, 2.45) is 0 Å². The van der Waals surface area contributed by atoms with Crippen LogP contribution in [0.25, 0.3) is 0 Å². The summed E-state index contributed by atoms with van der Waals surface area (Å²) in [5.41, 5.74) is 2.77. The normalized spacial score (nSPS) is 11.4. The predicted molar refractivity (Wildman–Crippen MR) is 106 cm³/mol. The molecule has 3 rings (SSSR count). The molecule has 0 spiro atoms. The summed E-state index contributed by atoms with van der Waals surface area (Å²) in [6, 6.07) is 31.4. The van der Waals surface area contributed by atoms with Crippen molar-refractivity contribution in [3.05, 3.63) is 108 Å². The minimum absolute atomic E-state index is 0.624. The first-order valence-corrected chi connectivity index (χ1v) is 9.26. The van der Waals surface area contributed by atoms with E-state index in [1.807, 2.05) is 25.1 Å². The maximum atomic E-state index is 6.65. The Morgan fingerprint density at radius 3 is 1.42 bits per heavy atom. The Morgan fingerprint density at radius 1 is 0.615 bits per heavy atom. The maximum absolute atomic E-state index is 6.65. The molecule has 134 valence electrons. The van der Waals surface area contributed by atoms with Crippen molar-refractivity contribution in [1.29, 1.82) is 0 Å². The van der Waals surface area contributed by atoms with Crippen molar-refractivity contribution >= 4 is 0 Å². The number of hydrogen-bond donors (Lipinski definition) is 0. The zero-order chi connectivity index (χ0) is 18.1. The molecule has 3 aromatic carbocycles. The third-order valence-corrected chi connectivity index (χ3v) is 4.50. The Balaban J connectivity index is 2.06. The Kier molecular flexibility index (Phi) is 6.59. The van der Waals surface area contributed by atoms with Gasteiger partial charge < -0.3 is 9.47 Å². The average molecular weight is 346 g/mol. The van der Waals surface area contributed by atoms with E-state index in [-0.39, 0.29) is 0 Å². The molecule has 0 atom stereocenters. The second kappa shape index (κ2) is 9.33. The molecule has 2 nitrogen and oxygen atoms in total. The summed E-state index contributed by atoms with van der Waals surface area (Å²) >= 11 is 0. The molecule has 0 N–H and O–H groups in total. The van der Waals surface area contributed by atoms with Gasteiger partial charge in [0.15, 0.2) is 0 Å². The van der Waals surface area contributed by atoms with Gasteiger partial charge in [-0.15, -0.1) is 0 Å². The lowest BCUT2D eigenvalue weighted by atomic mass is 9.80. The first-order chi connectivity index (χ1) is 12.9. The molecule has 0 aliphatic carbocycles. The van der Waals surface area contributed by atoms with Crippen molar-refractivity contribution in [2.75, 3.05) is 19.8 Å². The summed E-state index contributed by atoms with van der Waals surface area (Å²) in [6.45, 7) is 4.09. The molecular weight excluding hydrogens is 320 g/mol. The third-order valence-electron chi connectivity index (χ3n) is 4.50. The second-order valence-corrected chi connectivity index (χ2v) is 6.18. The van der Waals surface area contributed by atoms with Crippen molar-refractivity contribution in [3.63, 3.8) is 0 Å². The highest BCUT2D eigenvalue weighted by Crippen LogP contribution is 2.40. The van der Waals surface area contributed by atoms with Crippen LogP contribution in [0.1, 0.15) is 30.0 Å². The minimum Gasteiger partial charge on any atom is -0.382 e. The molecule has 0 saturated heterocycles. The molecule has 0 aromatic heterocycles. The number of benzene rings is 3. The number of rotatable bonds is 9. The van der Waals surface area contributed by atoms with Crippen LogP contribution in [0.4, 0.5) is 0 Å². The van der Waals surface area contributed by atoms with Crippen LogP contribution >= 0.6 is 0 Å². The van der Waals surface area contributed by atoms with Crippen LogP contribution in [0, 0.1) is 0 Å². The lowest BCUT2D eigenvalue weighted by molar-refractivity contribution is 0.000385. The van der Waals surface area contributed by atoms with Crippen molar-refractivity contribution in [2.45, 2.75) is 18.9 Å². The van der Waals surface area contributed by atoms with Crippen molar-refractivity contribution in [3.8, 4) is 0 Å². The highest BCUT2D eigenvalue weighted by molar-refractivity contribution is 5.47. The fourth-order valence-corrected chi connectivity index (χ4v) is 3.30. The van der Waals surface area contributed by atoms with E-state index in [0.29, 0.717) is 13.2 Å². The predicted octanol–water partition coefficient (Wildman–Crippen LogP) is 5.42. The zero-order valence-corrected chi connectivity index (χ0v) is 15.3. The molecule has 0 unspecified atom stereocenters. The van der Waals surface area contributed by atoms with Gasteiger partial charge in [-0.3, -0.25) is 0 Å². The van der Waals surface area contributed by atoms with Crippen LogP contribution in [-0.2, 0) is 15.1 Å².